The Balaban J connectivity index is 2.24. The number of aromatic nitrogens is 3. The third kappa shape index (κ3) is 1.60. The van der Waals surface area contributed by atoms with Gasteiger partial charge in [0.1, 0.15) is 5.52 Å². The van der Waals surface area contributed by atoms with Crippen molar-refractivity contribution in [3.05, 3.63) is 28.6 Å². The molecule has 0 amide bonds. The molecule has 2 N–H and O–H groups in total. The molecule has 1 aromatic carbocycles. The summed E-state index contributed by atoms with van der Waals surface area (Å²) >= 11 is 3.45. The maximum Gasteiger partial charge on any atom is 0.192 e. The monoisotopic (exact) mass is 306 g/mol. The molecule has 3 aromatic rings. The van der Waals surface area contributed by atoms with Crippen LogP contribution in [0.3, 0.4) is 0 Å². The first-order valence-corrected chi connectivity index (χ1v) is 6.21. The molecule has 5 nitrogen and oxygen atoms in total. The second kappa shape index (κ2) is 3.84. The van der Waals surface area contributed by atoms with Crippen LogP contribution in [0.5, 0.6) is 0 Å². The predicted molar refractivity (Wildman–Crippen MR) is 73.1 cm³/mol. The number of aryl methyl sites for hydroxylation is 2. The van der Waals surface area contributed by atoms with Crippen molar-refractivity contribution in [1.29, 1.82) is 0 Å². The lowest BCUT2D eigenvalue weighted by atomic mass is 10.1. The quantitative estimate of drug-likeness (QED) is 0.750. The summed E-state index contributed by atoms with van der Waals surface area (Å²) in [5.41, 5.74) is 9.29. The molecule has 0 fully saturated rings. The minimum atomic E-state index is 0.473. The van der Waals surface area contributed by atoms with Crippen LogP contribution in [0.4, 0.5) is 5.82 Å². The van der Waals surface area contributed by atoms with Crippen molar-refractivity contribution in [1.82, 2.24) is 14.8 Å². The van der Waals surface area contributed by atoms with Crippen LogP contribution in [0.2, 0.25) is 0 Å². The third-order valence-corrected chi connectivity index (χ3v) is 3.56. The normalized spacial score (nSPS) is 11.3. The number of oxazole rings is 1. The zero-order valence-electron chi connectivity index (χ0n) is 9.94. The standard InChI is InChI=1S/C12H11BrN4O/c1-6-15-8-4-3-7(5-9(8)18-6)11-10(13)12(14)16-17(11)2/h3-5H,1-2H3,(H2,14,16). The summed E-state index contributed by atoms with van der Waals surface area (Å²) in [7, 11) is 1.85. The minimum Gasteiger partial charge on any atom is -0.441 e. The number of nitrogens with two attached hydrogens (primary N) is 1. The number of hydrogen-bond donors (Lipinski definition) is 1. The molecule has 0 aliphatic heterocycles. The molecule has 0 unspecified atom stereocenters. The van der Waals surface area contributed by atoms with Crippen molar-refractivity contribution >= 4 is 32.8 Å². The molecule has 0 aliphatic rings. The lowest BCUT2D eigenvalue weighted by molar-refractivity contribution is 0.561. The van der Waals surface area contributed by atoms with E-state index < -0.39 is 0 Å². The molecule has 2 heterocycles. The van der Waals surface area contributed by atoms with E-state index in [0.717, 1.165) is 26.8 Å². The van der Waals surface area contributed by atoms with Gasteiger partial charge in [0.15, 0.2) is 17.3 Å². The van der Waals surface area contributed by atoms with Gasteiger partial charge in [-0.2, -0.15) is 5.10 Å². The minimum absolute atomic E-state index is 0.473. The van der Waals surface area contributed by atoms with Gasteiger partial charge in [0.05, 0.1) is 10.2 Å². The molecule has 0 spiro atoms. The van der Waals surface area contributed by atoms with Gasteiger partial charge in [0.2, 0.25) is 0 Å². The first kappa shape index (κ1) is 11.3. The summed E-state index contributed by atoms with van der Waals surface area (Å²) in [6.07, 6.45) is 0. The van der Waals surface area contributed by atoms with E-state index in [9.17, 15) is 0 Å². The Labute approximate surface area is 112 Å². The summed E-state index contributed by atoms with van der Waals surface area (Å²) in [6.45, 7) is 1.83. The van der Waals surface area contributed by atoms with Crippen LogP contribution in [0, 0.1) is 6.92 Å². The summed E-state index contributed by atoms with van der Waals surface area (Å²) in [5.74, 6) is 1.13. The highest BCUT2D eigenvalue weighted by molar-refractivity contribution is 9.10. The van der Waals surface area contributed by atoms with Gasteiger partial charge in [-0.05, 0) is 28.1 Å². The molecule has 6 heteroatoms. The molecule has 3 rings (SSSR count). The summed E-state index contributed by atoms with van der Waals surface area (Å²) in [5, 5.41) is 4.17. The zero-order valence-corrected chi connectivity index (χ0v) is 11.5. The van der Waals surface area contributed by atoms with Crippen molar-refractivity contribution in [2.75, 3.05) is 5.73 Å². The fraction of sp³-hybridized carbons (Fsp3) is 0.167. The maximum atomic E-state index is 5.78. The molecule has 0 radical (unpaired) electrons. The van der Waals surface area contributed by atoms with Gasteiger partial charge in [-0.1, -0.05) is 6.07 Å². The fourth-order valence-corrected chi connectivity index (χ4v) is 2.58. The third-order valence-electron chi connectivity index (χ3n) is 2.78. The average Bonchev–Trinajstić information content (AvgIpc) is 2.78. The fourth-order valence-electron chi connectivity index (χ4n) is 2.02. The van der Waals surface area contributed by atoms with Crippen molar-refractivity contribution < 1.29 is 4.42 Å². The summed E-state index contributed by atoms with van der Waals surface area (Å²) in [6, 6.07) is 5.85. The van der Waals surface area contributed by atoms with Crippen LogP contribution in [0.1, 0.15) is 5.89 Å². The van der Waals surface area contributed by atoms with Crippen molar-refractivity contribution in [3.8, 4) is 11.3 Å². The number of anilines is 1. The molecule has 0 atom stereocenters. The highest BCUT2D eigenvalue weighted by Crippen LogP contribution is 2.33. The molecule has 0 saturated carbocycles. The van der Waals surface area contributed by atoms with Crippen molar-refractivity contribution in [3.63, 3.8) is 0 Å². The number of benzene rings is 1. The number of halogens is 1. The molecular formula is C12H11BrN4O. The van der Waals surface area contributed by atoms with Gasteiger partial charge >= 0.3 is 0 Å². The molecule has 0 bridgehead atoms. The van der Waals surface area contributed by atoms with Crippen LogP contribution in [0.25, 0.3) is 22.4 Å². The highest BCUT2D eigenvalue weighted by atomic mass is 79.9. The molecule has 92 valence electrons. The topological polar surface area (TPSA) is 69.9 Å². The number of nitrogens with zero attached hydrogens (tertiary/aromatic N) is 3. The van der Waals surface area contributed by atoms with Gasteiger partial charge in [-0.15, -0.1) is 0 Å². The Bertz CT molecular complexity index is 744. The van der Waals surface area contributed by atoms with Crippen molar-refractivity contribution in [2.24, 2.45) is 7.05 Å². The van der Waals surface area contributed by atoms with E-state index in [0.29, 0.717) is 11.7 Å². The number of fused-ring (bicyclic) bond motifs is 1. The van der Waals surface area contributed by atoms with Crippen LogP contribution < -0.4 is 5.73 Å². The molecular weight excluding hydrogens is 296 g/mol. The molecule has 0 saturated heterocycles. The first-order valence-electron chi connectivity index (χ1n) is 5.42. The average molecular weight is 307 g/mol. The Morgan fingerprint density at radius 3 is 2.83 bits per heavy atom. The Morgan fingerprint density at radius 2 is 2.17 bits per heavy atom. The van der Waals surface area contributed by atoms with Gasteiger partial charge in [0, 0.05) is 19.5 Å². The van der Waals surface area contributed by atoms with E-state index in [1.54, 1.807) is 4.68 Å². The van der Waals surface area contributed by atoms with Gasteiger partial charge in [-0.3, -0.25) is 4.68 Å². The Morgan fingerprint density at radius 1 is 1.39 bits per heavy atom. The summed E-state index contributed by atoms with van der Waals surface area (Å²) in [4.78, 5) is 4.27. The smallest absolute Gasteiger partial charge is 0.192 e. The Kier molecular flexibility index (Phi) is 2.41. The van der Waals surface area contributed by atoms with Gasteiger partial charge in [0.25, 0.3) is 0 Å². The van der Waals surface area contributed by atoms with E-state index in [-0.39, 0.29) is 0 Å². The predicted octanol–water partition coefficient (Wildman–Crippen LogP) is 2.88. The Hall–Kier alpha value is -1.82. The van der Waals surface area contributed by atoms with E-state index >= 15 is 0 Å². The molecule has 2 aromatic heterocycles. The molecule has 0 aliphatic carbocycles. The SMILES string of the molecule is Cc1nc2ccc(-c3c(Br)c(N)nn3C)cc2o1. The van der Waals surface area contributed by atoms with E-state index in [2.05, 4.69) is 26.0 Å². The second-order valence-electron chi connectivity index (χ2n) is 4.09. The van der Waals surface area contributed by atoms with Crippen LogP contribution in [-0.4, -0.2) is 14.8 Å². The van der Waals surface area contributed by atoms with E-state index in [4.69, 9.17) is 10.2 Å². The second-order valence-corrected chi connectivity index (χ2v) is 4.88. The van der Waals surface area contributed by atoms with E-state index in [1.807, 2.05) is 32.2 Å². The van der Waals surface area contributed by atoms with Crippen LogP contribution >= 0.6 is 15.9 Å². The van der Waals surface area contributed by atoms with E-state index in [1.165, 1.54) is 0 Å². The lowest BCUT2D eigenvalue weighted by Crippen LogP contribution is -1.94. The van der Waals surface area contributed by atoms with Gasteiger partial charge < -0.3 is 10.2 Å². The number of nitrogen functional groups attached to an aromatic ring is 1. The highest BCUT2D eigenvalue weighted by Gasteiger charge is 2.14. The largest absolute Gasteiger partial charge is 0.441 e. The zero-order chi connectivity index (χ0) is 12.9. The molecule has 18 heavy (non-hydrogen) atoms. The number of hydrogen-bond acceptors (Lipinski definition) is 4. The van der Waals surface area contributed by atoms with Gasteiger partial charge in [-0.25, -0.2) is 4.98 Å². The maximum absolute atomic E-state index is 5.78. The summed E-state index contributed by atoms with van der Waals surface area (Å²) < 4.78 is 8.06. The van der Waals surface area contributed by atoms with Crippen molar-refractivity contribution in [2.45, 2.75) is 6.92 Å². The first-order chi connectivity index (χ1) is 8.56. The van der Waals surface area contributed by atoms with Crippen LogP contribution in [-0.2, 0) is 7.05 Å². The van der Waals surface area contributed by atoms with Crippen LogP contribution in [0.15, 0.2) is 27.1 Å². The number of rotatable bonds is 1. The lowest BCUT2D eigenvalue weighted by Gasteiger charge is -2.02.